The molecule has 14 heavy (non-hydrogen) atoms. The first-order valence-electron chi connectivity index (χ1n) is 4.77. The minimum Gasteiger partial charge on any atom is -0.480 e. The van der Waals surface area contributed by atoms with E-state index in [9.17, 15) is 9.59 Å². The lowest BCUT2D eigenvalue weighted by atomic mass is 9.84. The highest BCUT2D eigenvalue weighted by molar-refractivity contribution is 6.03. The fourth-order valence-corrected chi connectivity index (χ4v) is 1.87. The van der Waals surface area contributed by atoms with Crippen molar-refractivity contribution >= 4 is 11.9 Å². The molecule has 2 saturated heterocycles. The Labute approximate surface area is 81.6 Å². The Kier molecular flexibility index (Phi) is 2.19. The molecule has 1 N–H and O–H groups in total. The summed E-state index contributed by atoms with van der Waals surface area (Å²) >= 11 is 0. The van der Waals surface area contributed by atoms with Gasteiger partial charge in [-0.15, -0.1) is 0 Å². The highest BCUT2D eigenvalue weighted by atomic mass is 16.5. The average molecular weight is 199 g/mol. The summed E-state index contributed by atoms with van der Waals surface area (Å²) in [5, 5.41) is 8.99. The van der Waals surface area contributed by atoms with Crippen LogP contribution in [0.2, 0.25) is 0 Å². The van der Waals surface area contributed by atoms with Crippen molar-refractivity contribution in [2.75, 3.05) is 26.3 Å². The minimum absolute atomic E-state index is 0.0255. The first-order chi connectivity index (χ1) is 6.67. The van der Waals surface area contributed by atoms with Gasteiger partial charge in [0, 0.05) is 13.1 Å². The normalized spacial score (nSPS) is 24.4. The van der Waals surface area contributed by atoms with E-state index in [4.69, 9.17) is 9.84 Å². The van der Waals surface area contributed by atoms with Gasteiger partial charge in [-0.2, -0.15) is 0 Å². The van der Waals surface area contributed by atoms with Crippen molar-refractivity contribution in [1.82, 2.24) is 4.90 Å². The van der Waals surface area contributed by atoms with Gasteiger partial charge in [-0.25, -0.2) is 0 Å². The van der Waals surface area contributed by atoms with E-state index in [1.54, 1.807) is 4.90 Å². The average Bonchev–Trinajstić information content (AvgIpc) is 2.51. The maximum absolute atomic E-state index is 11.9. The van der Waals surface area contributed by atoms with Crippen LogP contribution in [0.4, 0.5) is 0 Å². The second-order valence-electron chi connectivity index (χ2n) is 3.88. The number of hydrogen-bond donors (Lipinski definition) is 1. The van der Waals surface area contributed by atoms with Crippen molar-refractivity contribution < 1.29 is 19.4 Å². The maximum atomic E-state index is 11.9. The van der Waals surface area contributed by atoms with Crippen LogP contribution in [0.25, 0.3) is 0 Å². The first-order valence-corrected chi connectivity index (χ1v) is 4.77. The lowest BCUT2D eigenvalue weighted by Crippen LogP contribution is -2.59. The van der Waals surface area contributed by atoms with Gasteiger partial charge in [0.25, 0.3) is 0 Å². The zero-order valence-corrected chi connectivity index (χ0v) is 7.86. The molecule has 0 aromatic rings. The van der Waals surface area contributed by atoms with Crippen molar-refractivity contribution in [2.24, 2.45) is 5.41 Å². The van der Waals surface area contributed by atoms with Crippen molar-refractivity contribution in [3.63, 3.8) is 0 Å². The number of carbonyl (C=O) groups is 2. The van der Waals surface area contributed by atoms with Crippen molar-refractivity contribution in [3.05, 3.63) is 0 Å². The fraction of sp³-hybridized carbons (Fsp3) is 0.778. The van der Waals surface area contributed by atoms with E-state index in [-0.39, 0.29) is 19.1 Å². The summed E-state index contributed by atoms with van der Waals surface area (Å²) in [6, 6.07) is 0. The highest BCUT2D eigenvalue weighted by Gasteiger charge is 2.55. The van der Waals surface area contributed by atoms with E-state index >= 15 is 0 Å². The standard InChI is InChI=1S/C9H13NO4/c11-7(10-3-1-2-4-10)9(8(12)13)5-14-6-9/h1-6H2,(H,12,13). The quantitative estimate of drug-likeness (QED) is 0.620. The highest BCUT2D eigenvalue weighted by Crippen LogP contribution is 2.31. The second-order valence-corrected chi connectivity index (χ2v) is 3.88. The predicted molar refractivity (Wildman–Crippen MR) is 46.7 cm³/mol. The first kappa shape index (κ1) is 9.45. The molecule has 0 aromatic carbocycles. The molecule has 0 bridgehead atoms. The van der Waals surface area contributed by atoms with Gasteiger partial charge in [0.05, 0.1) is 13.2 Å². The van der Waals surface area contributed by atoms with E-state index in [0.717, 1.165) is 12.8 Å². The molecule has 2 aliphatic heterocycles. The Morgan fingerprint density at radius 2 is 1.79 bits per heavy atom. The third-order valence-corrected chi connectivity index (χ3v) is 2.91. The van der Waals surface area contributed by atoms with Gasteiger partial charge in [-0.1, -0.05) is 0 Å². The summed E-state index contributed by atoms with van der Waals surface area (Å²) in [5.41, 5.74) is -1.27. The number of carboxylic acids is 1. The zero-order valence-electron chi connectivity index (χ0n) is 7.86. The SMILES string of the molecule is O=C(O)C1(C(=O)N2CCCC2)COC1. The molecular formula is C9H13NO4. The molecule has 5 nitrogen and oxygen atoms in total. The largest absolute Gasteiger partial charge is 0.480 e. The number of ether oxygens (including phenoxy) is 1. The lowest BCUT2D eigenvalue weighted by molar-refractivity contribution is -0.190. The number of rotatable bonds is 2. The molecule has 5 heteroatoms. The van der Waals surface area contributed by atoms with E-state index in [0.29, 0.717) is 13.1 Å². The number of carboxylic acid groups (broad SMARTS) is 1. The Balaban J connectivity index is 2.11. The molecule has 2 aliphatic rings. The summed E-state index contributed by atoms with van der Waals surface area (Å²) < 4.78 is 4.85. The third-order valence-electron chi connectivity index (χ3n) is 2.91. The smallest absolute Gasteiger partial charge is 0.324 e. The zero-order chi connectivity index (χ0) is 10.2. The van der Waals surface area contributed by atoms with E-state index < -0.39 is 11.4 Å². The molecule has 0 aliphatic carbocycles. The number of nitrogens with zero attached hydrogens (tertiary/aromatic N) is 1. The number of likely N-dealkylation sites (tertiary alicyclic amines) is 1. The second kappa shape index (κ2) is 3.24. The number of carbonyl (C=O) groups excluding carboxylic acids is 1. The fourth-order valence-electron chi connectivity index (χ4n) is 1.87. The Hall–Kier alpha value is -1.10. The Morgan fingerprint density at radius 1 is 1.21 bits per heavy atom. The maximum Gasteiger partial charge on any atom is 0.324 e. The van der Waals surface area contributed by atoms with Crippen LogP contribution >= 0.6 is 0 Å². The molecule has 0 aromatic heterocycles. The molecule has 2 heterocycles. The molecule has 0 saturated carbocycles. The number of amides is 1. The van der Waals surface area contributed by atoms with Gasteiger partial charge in [0.1, 0.15) is 0 Å². The predicted octanol–water partition coefficient (Wildman–Crippen LogP) is -0.290. The summed E-state index contributed by atoms with van der Waals surface area (Å²) in [6.07, 6.45) is 1.95. The van der Waals surface area contributed by atoms with Gasteiger partial charge in [-0.05, 0) is 12.8 Å². The third kappa shape index (κ3) is 1.19. The van der Waals surface area contributed by atoms with Crippen LogP contribution in [-0.4, -0.2) is 48.2 Å². The van der Waals surface area contributed by atoms with Gasteiger partial charge in [-0.3, -0.25) is 9.59 Å². The van der Waals surface area contributed by atoms with Crippen LogP contribution in [-0.2, 0) is 14.3 Å². The van der Waals surface area contributed by atoms with E-state index in [1.165, 1.54) is 0 Å². The van der Waals surface area contributed by atoms with E-state index in [2.05, 4.69) is 0 Å². The molecule has 0 unspecified atom stereocenters. The van der Waals surface area contributed by atoms with Gasteiger partial charge < -0.3 is 14.7 Å². The summed E-state index contributed by atoms with van der Waals surface area (Å²) in [5.74, 6) is -1.32. The van der Waals surface area contributed by atoms with Crippen molar-refractivity contribution in [2.45, 2.75) is 12.8 Å². The summed E-state index contributed by atoms with van der Waals surface area (Å²) in [4.78, 5) is 24.5. The molecule has 2 rings (SSSR count). The molecule has 78 valence electrons. The minimum atomic E-state index is -1.27. The van der Waals surface area contributed by atoms with Crippen molar-refractivity contribution in [3.8, 4) is 0 Å². The van der Waals surface area contributed by atoms with Crippen LogP contribution in [0.3, 0.4) is 0 Å². The molecule has 0 spiro atoms. The molecule has 2 fully saturated rings. The Bertz CT molecular complexity index is 266. The summed E-state index contributed by atoms with van der Waals surface area (Å²) in [6.45, 7) is 1.43. The van der Waals surface area contributed by atoms with Gasteiger partial charge in [0.2, 0.25) is 5.91 Å². The topological polar surface area (TPSA) is 66.8 Å². The van der Waals surface area contributed by atoms with Crippen molar-refractivity contribution in [1.29, 1.82) is 0 Å². The van der Waals surface area contributed by atoms with Crippen LogP contribution in [0.15, 0.2) is 0 Å². The molecule has 0 atom stereocenters. The molecule has 1 amide bonds. The molecule has 0 radical (unpaired) electrons. The van der Waals surface area contributed by atoms with Crippen LogP contribution in [0.1, 0.15) is 12.8 Å². The van der Waals surface area contributed by atoms with Gasteiger partial charge >= 0.3 is 5.97 Å². The lowest BCUT2D eigenvalue weighted by Gasteiger charge is -2.38. The van der Waals surface area contributed by atoms with Crippen LogP contribution in [0, 0.1) is 5.41 Å². The van der Waals surface area contributed by atoms with Crippen LogP contribution < -0.4 is 0 Å². The van der Waals surface area contributed by atoms with Gasteiger partial charge in [0.15, 0.2) is 5.41 Å². The van der Waals surface area contributed by atoms with E-state index in [1.807, 2.05) is 0 Å². The summed E-state index contributed by atoms with van der Waals surface area (Å²) in [7, 11) is 0. The number of aliphatic carboxylic acids is 1. The molecular weight excluding hydrogens is 186 g/mol. The number of hydrogen-bond acceptors (Lipinski definition) is 3. The Morgan fingerprint density at radius 3 is 2.14 bits per heavy atom. The van der Waals surface area contributed by atoms with Crippen LogP contribution in [0.5, 0.6) is 0 Å². The monoisotopic (exact) mass is 199 g/mol.